The summed E-state index contributed by atoms with van der Waals surface area (Å²) in [6, 6.07) is 12.3. The fourth-order valence-electron chi connectivity index (χ4n) is 5.65. The minimum absolute atomic E-state index is 0.207. The molecule has 1 N–H and O–H groups in total. The summed E-state index contributed by atoms with van der Waals surface area (Å²) in [5.74, 6) is 1.01. The summed E-state index contributed by atoms with van der Waals surface area (Å²) < 4.78 is 43.9. The van der Waals surface area contributed by atoms with Crippen molar-refractivity contribution in [2.24, 2.45) is 16.3 Å². The Morgan fingerprint density at radius 3 is 2.51 bits per heavy atom. The third-order valence-corrected chi connectivity index (χ3v) is 6.78. The van der Waals surface area contributed by atoms with Gasteiger partial charge in [0, 0.05) is 17.9 Å². The maximum atomic E-state index is 12.5. The van der Waals surface area contributed by atoms with Gasteiger partial charge in [0.05, 0.1) is 17.6 Å². The maximum absolute atomic E-state index is 12.5. The van der Waals surface area contributed by atoms with Gasteiger partial charge in [0.2, 0.25) is 5.95 Å². The van der Waals surface area contributed by atoms with Crippen molar-refractivity contribution in [1.29, 1.82) is 0 Å². The SMILES string of the molecule is C[C@@H]1C[C@H](n2c(Nc3ccc(OC(F)(F)F)cc3)nc3cc(C4=CC=NC4)ccc32)CC(C)(C)C1. The molecule has 1 fully saturated rings. The number of benzene rings is 2. The number of rotatable bonds is 5. The highest BCUT2D eigenvalue weighted by molar-refractivity contribution is 5.92. The average molecular weight is 483 g/mol. The largest absolute Gasteiger partial charge is 0.573 e. The minimum atomic E-state index is -4.72. The lowest BCUT2D eigenvalue weighted by molar-refractivity contribution is -0.274. The quantitative estimate of drug-likeness (QED) is 0.409. The highest BCUT2D eigenvalue weighted by atomic mass is 19.4. The number of halogens is 3. The fourth-order valence-corrected chi connectivity index (χ4v) is 5.65. The molecule has 2 aromatic carbocycles. The Kier molecular flexibility index (Phi) is 5.85. The van der Waals surface area contributed by atoms with Gasteiger partial charge in [-0.15, -0.1) is 13.2 Å². The van der Waals surface area contributed by atoms with E-state index in [1.165, 1.54) is 18.6 Å². The van der Waals surface area contributed by atoms with Crippen LogP contribution in [0.3, 0.4) is 0 Å². The van der Waals surface area contributed by atoms with Crippen LogP contribution in [0.25, 0.3) is 16.6 Å². The summed E-state index contributed by atoms with van der Waals surface area (Å²) >= 11 is 0. The van der Waals surface area contributed by atoms with E-state index >= 15 is 0 Å². The topological polar surface area (TPSA) is 51.4 Å². The molecule has 0 amide bonds. The third-order valence-electron chi connectivity index (χ3n) is 6.78. The van der Waals surface area contributed by atoms with Gasteiger partial charge >= 0.3 is 6.36 Å². The molecule has 1 aromatic heterocycles. The normalized spacial score (nSPS) is 21.8. The van der Waals surface area contributed by atoms with Crippen molar-refractivity contribution in [3.8, 4) is 5.75 Å². The highest BCUT2D eigenvalue weighted by Gasteiger charge is 2.35. The summed E-state index contributed by atoms with van der Waals surface area (Å²) in [5.41, 5.74) is 5.03. The van der Waals surface area contributed by atoms with E-state index in [4.69, 9.17) is 4.98 Å². The van der Waals surface area contributed by atoms with Crippen molar-refractivity contribution in [1.82, 2.24) is 9.55 Å². The summed E-state index contributed by atoms with van der Waals surface area (Å²) in [6.07, 6.45) is 2.37. The number of nitrogens with zero attached hydrogens (tertiary/aromatic N) is 3. The molecular weight excluding hydrogens is 453 g/mol. The molecule has 1 aliphatic heterocycles. The smallest absolute Gasteiger partial charge is 0.406 e. The standard InChI is InChI=1S/C27H29F3N4O/c1-17-12-21(15-26(2,3)14-17)34-24-9-4-18(19-10-11-31-16-19)13-23(24)33-25(34)32-20-5-7-22(8-6-20)35-27(28,29)30/h4-11,13,17,21H,12,14-16H2,1-3H3,(H,32,33)/t17-,21+/m1/s1. The zero-order valence-electron chi connectivity index (χ0n) is 20.1. The molecule has 0 radical (unpaired) electrons. The zero-order valence-corrected chi connectivity index (χ0v) is 20.1. The van der Waals surface area contributed by atoms with E-state index in [-0.39, 0.29) is 17.2 Å². The van der Waals surface area contributed by atoms with Gasteiger partial charge in [0.15, 0.2) is 0 Å². The molecule has 0 spiro atoms. The molecule has 1 aliphatic carbocycles. The number of nitrogens with one attached hydrogen (secondary N) is 1. The second-order valence-electron chi connectivity index (χ2n) is 10.5. The number of allylic oxidation sites excluding steroid dienone is 1. The first-order chi connectivity index (χ1) is 16.6. The molecule has 35 heavy (non-hydrogen) atoms. The molecule has 3 aromatic rings. The zero-order chi connectivity index (χ0) is 24.8. The molecule has 1 saturated carbocycles. The molecule has 2 aliphatic rings. The lowest BCUT2D eigenvalue weighted by atomic mass is 9.70. The molecule has 0 saturated heterocycles. The number of aromatic nitrogens is 2. The van der Waals surface area contributed by atoms with E-state index in [9.17, 15) is 13.2 Å². The van der Waals surface area contributed by atoms with Gasteiger partial charge in [0.1, 0.15) is 5.75 Å². The Morgan fingerprint density at radius 2 is 1.86 bits per heavy atom. The molecule has 2 heterocycles. The second-order valence-corrected chi connectivity index (χ2v) is 10.5. The van der Waals surface area contributed by atoms with Crippen LogP contribution in [-0.2, 0) is 0 Å². The number of imidazole rings is 1. The molecule has 0 unspecified atom stereocenters. The molecule has 5 rings (SSSR count). The van der Waals surface area contributed by atoms with Crippen molar-refractivity contribution in [2.45, 2.75) is 52.4 Å². The third kappa shape index (κ3) is 5.21. The van der Waals surface area contributed by atoms with E-state index in [2.05, 4.69) is 58.6 Å². The number of hydrogen-bond acceptors (Lipinski definition) is 4. The van der Waals surface area contributed by atoms with E-state index in [1.807, 2.05) is 12.3 Å². The molecule has 5 nitrogen and oxygen atoms in total. The lowest BCUT2D eigenvalue weighted by Crippen LogP contribution is -2.29. The first-order valence-corrected chi connectivity index (χ1v) is 11.9. The van der Waals surface area contributed by atoms with Crippen molar-refractivity contribution >= 4 is 34.5 Å². The van der Waals surface area contributed by atoms with Gasteiger partial charge in [-0.3, -0.25) is 4.99 Å². The number of aliphatic imine (C=N–C) groups is 1. The minimum Gasteiger partial charge on any atom is -0.406 e. The Morgan fingerprint density at radius 1 is 1.09 bits per heavy atom. The van der Waals surface area contributed by atoms with Crippen LogP contribution < -0.4 is 10.1 Å². The van der Waals surface area contributed by atoms with Gasteiger partial charge in [-0.25, -0.2) is 4.98 Å². The number of ether oxygens (including phenoxy) is 1. The van der Waals surface area contributed by atoms with Gasteiger partial charge in [-0.1, -0.05) is 26.8 Å². The molecule has 8 heteroatoms. The maximum Gasteiger partial charge on any atom is 0.573 e. The Labute approximate surface area is 202 Å². The van der Waals surface area contributed by atoms with Crippen LogP contribution in [0.15, 0.2) is 53.5 Å². The number of hydrogen-bond donors (Lipinski definition) is 1. The van der Waals surface area contributed by atoms with Crippen LogP contribution in [0.4, 0.5) is 24.8 Å². The Hall–Kier alpha value is -3.29. The Balaban J connectivity index is 1.52. The summed E-state index contributed by atoms with van der Waals surface area (Å²) in [4.78, 5) is 9.23. The number of anilines is 2. The molecule has 2 atom stereocenters. The van der Waals surface area contributed by atoms with Gasteiger partial charge in [0.25, 0.3) is 0 Å². The van der Waals surface area contributed by atoms with Crippen LogP contribution in [-0.4, -0.2) is 28.7 Å². The first-order valence-electron chi connectivity index (χ1n) is 11.9. The van der Waals surface area contributed by atoms with Crippen LogP contribution in [0.1, 0.15) is 51.6 Å². The summed E-state index contributed by atoms with van der Waals surface area (Å²) in [6.45, 7) is 7.58. The van der Waals surface area contributed by atoms with Crippen LogP contribution in [0.2, 0.25) is 0 Å². The van der Waals surface area contributed by atoms with Crippen molar-refractivity contribution in [3.63, 3.8) is 0 Å². The van der Waals surface area contributed by atoms with Crippen LogP contribution in [0, 0.1) is 11.3 Å². The fraction of sp³-hybridized carbons (Fsp3) is 0.407. The van der Waals surface area contributed by atoms with Crippen molar-refractivity contribution < 1.29 is 17.9 Å². The van der Waals surface area contributed by atoms with Crippen molar-refractivity contribution in [3.05, 3.63) is 54.1 Å². The average Bonchev–Trinajstić information content (AvgIpc) is 3.40. The van der Waals surface area contributed by atoms with Crippen molar-refractivity contribution in [2.75, 3.05) is 11.9 Å². The van der Waals surface area contributed by atoms with E-state index in [1.54, 1.807) is 12.1 Å². The van der Waals surface area contributed by atoms with Gasteiger partial charge in [-0.05, 0) is 84.2 Å². The lowest BCUT2D eigenvalue weighted by Gasteiger charge is -2.40. The molecule has 0 bridgehead atoms. The summed E-state index contributed by atoms with van der Waals surface area (Å²) in [7, 11) is 0. The van der Waals surface area contributed by atoms with E-state index in [0.29, 0.717) is 24.1 Å². The Bertz CT molecular complexity index is 1290. The van der Waals surface area contributed by atoms with E-state index < -0.39 is 6.36 Å². The first kappa shape index (κ1) is 23.5. The number of fused-ring (bicyclic) bond motifs is 1. The van der Waals surface area contributed by atoms with Gasteiger partial charge in [-0.2, -0.15) is 0 Å². The van der Waals surface area contributed by atoms with Crippen LogP contribution in [0.5, 0.6) is 5.75 Å². The molecule has 184 valence electrons. The van der Waals surface area contributed by atoms with E-state index in [0.717, 1.165) is 35.0 Å². The molecular formula is C27H29F3N4O. The summed E-state index contributed by atoms with van der Waals surface area (Å²) in [5, 5.41) is 3.36. The predicted molar refractivity (Wildman–Crippen MR) is 133 cm³/mol. The van der Waals surface area contributed by atoms with Crippen LogP contribution >= 0.6 is 0 Å². The number of alkyl halides is 3. The monoisotopic (exact) mass is 482 g/mol. The highest BCUT2D eigenvalue weighted by Crippen LogP contribution is 2.46. The second kappa shape index (κ2) is 8.73. The predicted octanol–water partition coefficient (Wildman–Crippen LogP) is 7.53. The van der Waals surface area contributed by atoms with Gasteiger partial charge < -0.3 is 14.6 Å².